The number of amides is 1. The van der Waals surface area contributed by atoms with E-state index in [1.165, 1.54) is 28.0 Å². The number of thiazole rings is 1. The summed E-state index contributed by atoms with van der Waals surface area (Å²) in [6.07, 6.45) is 1.77. The van der Waals surface area contributed by atoms with E-state index in [1.54, 1.807) is 13.1 Å². The average Bonchev–Trinajstić information content (AvgIpc) is 3.17. The molecule has 0 bridgehead atoms. The summed E-state index contributed by atoms with van der Waals surface area (Å²) in [6.45, 7) is 0. The number of aromatic nitrogens is 1. The summed E-state index contributed by atoms with van der Waals surface area (Å²) in [7, 11) is 1.68. The number of carbonyl (C=O) groups excluding carboxylic acids is 1. The summed E-state index contributed by atoms with van der Waals surface area (Å²) in [5, 5.41) is 0.743. The van der Waals surface area contributed by atoms with Crippen LogP contribution in [-0.4, -0.2) is 27.2 Å². The average molecular weight is 358 g/mol. The van der Waals surface area contributed by atoms with E-state index in [1.807, 2.05) is 36.4 Å². The molecule has 0 atom stereocenters. The van der Waals surface area contributed by atoms with Crippen LogP contribution in [0.5, 0.6) is 0 Å². The van der Waals surface area contributed by atoms with Crippen molar-refractivity contribution in [1.29, 1.82) is 0 Å². The Morgan fingerprint density at radius 3 is 2.74 bits per heavy atom. The van der Waals surface area contributed by atoms with Crippen molar-refractivity contribution >= 4 is 62.0 Å². The Hall–Kier alpha value is -1.96. The molecule has 0 saturated carbocycles. The van der Waals surface area contributed by atoms with Gasteiger partial charge in [-0.3, -0.25) is 9.69 Å². The normalized spacial score (nSPS) is 16.9. The summed E-state index contributed by atoms with van der Waals surface area (Å²) >= 11 is 7.91. The van der Waals surface area contributed by atoms with Crippen LogP contribution in [-0.2, 0) is 4.79 Å². The van der Waals surface area contributed by atoms with Crippen LogP contribution in [0.3, 0.4) is 0 Å². The van der Waals surface area contributed by atoms with Crippen LogP contribution >= 0.6 is 35.3 Å². The van der Waals surface area contributed by atoms with Gasteiger partial charge in [0.25, 0.3) is 5.91 Å². The highest BCUT2D eigenvalue weighted by Gasteiger charge is 2.29. The minimum atomic E-state index is -0.0863. The van der Waals surface area contributed by atoms with Crippen molar-refractivity contribution in [2.24, 2.45) is 0 Å². The Morgan fingerprint density at radius 2 is 2.09 bits per heavy atom. The SMILES string of the molecule is CN1C(=O)/C(=C\c2nc3oc(-c4ccccc4)cc3s2)SC1=S. The summed E-state index contributed by atoms with van der Waals surface area (Å²) in [6, 6.07) is 11.9. The number of fused-ring (bicyclic) bond motifs is 1. The molecular weight excluding hydrogens is 348 g/mol. The highest BCUT2D eigenvalue weighted by Crippen LogP contribution is 2.35. The summed E-state index contributed by atoms with van der Waals surface area (Å²) in [4.78, 5) is 18.5. The van der Waals surface area contributed by atoms with Gasteiger partial charge in [0.2, 0.25) is 5.71 Å². The Balaban J connectivity index is 1.68. The molecule has 3 aromatic rings. The Kier molecular flexibility index (Phi) is 3.56. The smallest absolute Gasteiger partial charge is 0.266 e. The summed E-state index contributed by atoms with van der Waals surface area (Å²) in [5.74, 6) is 0.711. The number of hydrogen-bond acceptors (Lipinski definition) is 6. The molecule has 0 unspecified atom stereocenters. The lowest BCUT2D eigenvalue weighted by atomic mass is 10.2. The largest absolute Gasteiger partial charge is 0.437 e. The number of nitrogens with zero attached hydrogens (tertiary/aromatic N) is 2. The minimum absolute atomic E-state index is 0.0863. The number of thiocarbonyl (C=S) groups is 1. The number of furan rings is 1. The van der Waals surface area contributed by atoms with Crippen molar-refractivity contribution in [2.75, 3.05) is 7.05 Å². The number of benzene rings is 1. The highest BCUT2D eigenvalue weighted by atomic mass is 32.2. The maximum Gasteiger partial charge on any atom is 0.266 e. The van der Waals surface area contributed by atoms with E-state index in [2.05, 4.69) is 4.98 Å². The Labute approximate surface area is 145 Å². The van der Waals surface area contributed by atoms with E-state index < -0.39 is 0 Å². The number of rotatable bonds is 2. The molecule has 1 aromatic carbocycles. The second-order valence-corrected chi connectivity index (χ2v) is 7.68. The zero-order valence-corrected chi connectivity index (χ0v) is 14.4. The third-order valence-electron chi connectivity index (χ3n) is 3.41. The predicted octanol–water partition coefficient (Wildman–Crippen LogP) is 4.39. The number of likely N-dealkylation sites (N-methyl/N-ethyl adjacent to an activating group) is 1. The quantitative estimate of drug-likeness (QED) is 0.502. The first-order valence-electron chi connectivity index (χ1n) is 6.79. The predicted molar refractivity (Wildman–Crippen MR) is 98.3 cm³/mol. The third-order valence-corrected chi connectivity index (χ3v) is 5.82. The lowest BCUT2D eigenvalue weighted by Crippen LogP contribution is -2.22. The van der Waals surface area contributed by atoms with Gasteiger partial charge in [0, 0.05) is 18.7 Å². The molecule has 1 aliphatic rings. The van der Waals surface area contributed by atoms with Crippen LogP contribution in [0, 0.1) is 0 Å². The van der Waals surface area contributed by atoms with Gasteiger partial charge in [-0.1, -0.05) is 54.3 Å². The topological polar surface area (TPSA) is 46.3 Å². The van der Waals surface area contributed by atoms with Crippen LogP contribution < -0.4 is 0 Å². The molecule has 3 heterocycles. The van der Waals surface area contributed by atoms with Crippen LogP contribution in [0.4, 0.5) is 0 Å². The van der Waals surface area contributed by atoms with Crippen molar-refractivity contribution in [1.82, 2.24) is 9.88 Å². The van der Waals surface area contributed by atoms with Gasteiger partial charge in [0.1, 0.15) is 15.1 Å². The first-order valence-corrected chi connectivity index (χ1v) is 8.83. The monoisotopic (exact) mass is 358 g/mol. The lowest BCUT2D eigenvalue weighted by Gasteiger charge is -2.03. The zero-order valence-electron chi connectivity index (χ0n) is 12.0. The fraction of sp³-hybridized carbons (Fsp3) is 0.0625. The van der Waals surface area contributed by atoms with Crippen molar-refractivity contribution < 1.29 is 9.21 Å². The molecule has 4 rings (SSSR count). The van der Waals surface area contributed by atoms with Crippen LogP contribution in [0.2, 0.25) is 0 Å². The van der Waals surface area contributed by atoms with Crippen molar-refractivity contribution in [3.8, 4) is 11.3 Å². The van der Waals surface area contributed by atoms with Gasteiger partial charge in [-0.2, -0.15) is 0 Å². The molecule has 1 fully saturated rings. The van der Waals surface area contributed by atoms with E-state index in [-0.39, 0.29) is 5.91 Å². The van der Waals surface area contributed by atoms with Gasteiger partial charge in [-0.15, -0.1) is 11.3 Å². The number of thioether (sulfide) groups is 1. The van der Waals surface area contributed by atoms with Crippen molar-refractivity contribution in [3.05, 3.63) is 46.3 Å². The molecule has 0 N–H and O–H groups in total. The molecule has 1 saturated heterocycles. The standard InChI is InChI=1S/C16H10N2O2S3/c1-18-15(19)12(23-16(18)21)8-13-17-14-11(22-13)7-10(20-14)9-5-3-2-4-6-9/h2-8H,1H3/b12-8+. The fourth-order valence-corrected chi connectivity index (χ4v) is 4.32. The second kappa shape index (κ2) is 5.59. The molecule has 0 aliphatic carbocycles. The van der Waals surface area contributed by atoms with Crippen molar-refractivity contribution in [3.63, 3.8) is 0 Å². The zero-order chi connectivity index (χ0) is 16.0. The van der Waals surface area contributed by atoms with Gasteiger partial charge in [0.15, 0.2) is 0 Å². The molecule has 114 valence electrons. The van der Waals surface area contributed by atoms with Gasteiger partial charge >= 0.3 is 0 Å². The highest BCUT2D eigenvalue weighted by molar-refractivity contribution is 8.26. The van der Waals surface area contributed by atoms with Crippen LogP contribution in [0.1, 0.15) is 5.01 Å². The first-order chi connectivity index (χ1) is 11.1. The molecule has 0 spiro atoms. The van der Waals surface area contributed by atoms with Crippen LogP contribution in [0.15, 0.2) is 45.7 Å². The van der Waals surface area contributed by atoms with E-state index in [0.29, 0.717) is 14.9 Å². The molecule has 4 nitrogen and oxygen atoms in total. The molecule has 2 aromatic heterocycles. The van der Waals surface area contributed by atoms with Crippen LogP contribution in [0.25, 0.3) is 27.8 Å². The van der Waals surface area contributed by atoms with Gasteiger partial charge < -0.3 is 4.42 Å². The fourth-order valence-electron chi connectivity index (χ4n) is 2.22. The number of hydrogen-bond donors (Lipinski definition) is 0. The molecule has 23 heavy (non-hydrogen) atoms. The number of carbonyl (C=O) groups is 1. The molecule has 7 heteroatoms. The Bertz CT molecular complexity index is 925. The van der Waals surface area contributed by atoms with Crippen molar-refractivity contribution in [2.45, 2.75) is 0 Å². The van der Waals surface area contributed by atoms with E-state index in [4.69, 9.17) is 16.6 Å². The van der Waals surface area contributed by atoms with Gasteiger partial charge in [-0.25, -0.2) is 4.98 Å². The first kappa shape index (κ1) is 14.6. The molecule has 0 radical (unpaired) electrons. The molecule has 1 amide bonds. The maximum absolute atomic E-state index is 12.0. The van der Waals surface area contributed by atoms with Gasteiger partial charge in [0.05, 0.1) is 9.61 Å². The second-order valence-electron chi connectivity index (χ2n) is 4.94. The Morgan fingerprint density at radius 1 is 1.30 bits per heavy atom. The van der Waals surface area contributed by atoms with Gasteiger partial charge in [-0.05, 0) is 6.08 Å². The lowest BCUT2D eigenvalue weighted by molar-refractivity contribution is -0.121. The van der Waals surface area contributed by atoms with E-state index in [9.17, 15) is 4.79 Å². The maximum atomic E-state index is 12.0. The summed E-state index contributed by atoms with van der Waals surface area (Å²) < 4.78 is 7.33. The van der Waals surface area contributed by atoms with E-state index >= 15 is 0 Å². The molecule has 1 aliphatic heterocycles. The summed E-state index contributed by atoms with van der Waals surface area (Å²) in [5.41, 5.74) is 1.61. The minimum Gasteiger partial charge on any atom is -0.437 e. The molecular formula is C16H10N2O2S3. The van der Waals surface area contributed by atoms with E-state index in [0.717, 1.165) is 21.0 Å². The third kappa shape index (κ3) is 2.60.